The molecule has 2 aliphatic heterocycles. The van der Waals surface area contributed by atoms with E-state index in [4.69, 9.17) is 4.98 Å². The van der Waals surface area contributed by atoms with Crippen LogP contribution in [0.2, 0.25) is 0 Å². The van der Waals surface area contributed by atoms with Gasteiger partial charge in [0, 0.05) is 25.5 Å². The highest BCUT2D eigenvalue weighted by atomic mass is 19.3. The number of hydrogen-bond acceptors (Lipinski definition) is 5. The molecule has 3 aliphatic rings. The first-order valence-corrected chi connectivity index (χ1v) is 12.0. The molecule has 0 radical (unpaired) electrons. The molecule has 2 aromatic carbocycles. The third-order valence-corrected chi connectivity index (χ3v) is 7.32. The number of hydrogen-bond donors (Lipinski definition) is 1. The number of carbonyl (C=O) groups excluding carboxylic acids is 2. The standard InChI is InChI=1S/C28H24F2N2O4.H2/c1-16-2-8-20(31-26(16)18-5-3-17(4-6-18)21-9-11-25(34)32-21)15-24(33)27(12-13-27)19-7-10-22-23(14-19)36-28(29,30)35-22;/h2-8,10,14,21H,9,11-13,15H2,1H3,(H,32,34);1H. The van der Waals surface area contributed by atoms with Crippen molar-refractivity contribution in [3.05, 3.63) is 77.0 Å². The topological polar surface area (TPSA) is 77.5 Å². The Morgan fingerprint density at radius 2 is 1.83 bits per heavy atom. The molecule has 0 spiro atoms. The first-order valence-electron chi connectivity index (χ1n) is 12.0. The maximum atomic E-state index is 13.4. The number of rotatable bonds is 6. The fourth-order valence-electron chi connectivity index (χ4n) is 5.13. The predicted molar refractivity (Wildman–Crippen MR) is 129 cm³/mol. The second kappa shape index (κ2) is 8.11. The number of amides is 1. The molecule has 1 amide bonds. The van der Waals surface area contributed by atoms with Crippen LogP contribution in [0.4, 0.5) is 8.78 Å². The van der Waals surface area contributed by atoms with E-state index in [-0.39, 0.29) is 37.1 Å². The Morgan fingerprint density at radius 3 is 2.53 bits per heavy atom. The third-order valence-electron chi connectivity index (χ3n) is 7.32. The molecule has 1 aromatic heterocycles. The van der Waals surface area contributed by atoms with Crippen LogP contribution in [-0.4, -0.2) is 23.0 Å². The molecule has 1 aliphatic carbocycles. The number of nitrogens with one attached hydrogen (secondary N) is 1. The van der Waals surface area contributed by atoms with Crippen molar-refractivity contribution in [1.82, 2.24) is 10.3 Å². The molecular formula is C28H26F2N2O4. The van der Waals surface area contributed by atoms with Gasteiger partial charge in [-0.25, -0.2) is 0 Å². The highest BCUT2D eigenvalue weighted by Crippen LogP contribution is 2.52. The number of Topliss-reactive ketones (excluding diaryl/α,β-unsaturated/α-hetero) is 1. The molecule has 6 rings (SSSR count). The quantitative estimate of drug-likeness (QED) is 0.497. The van der Waals surface area contributed by atoms with Crippen LogP contribution in [0, 0.1) is 6.92 Å². The van der Waals surface area contributed by atoms with Crippen molar-refractivity contribution in [3.8, 4) is 22.8 Å². The van der Waals surface area contributed by atoms with E-state index in [0.717, 1.165) is 28.8 Å². The highest BCUT2D eigenvalue weighted by molar-refractivity contribution is 5.94. The molecule has 1 atom stereocenters. The van der Waals surface area contributed by atoms with Crippen LogP contribution in [0.1, 0.15) is 55.5 Å². The molecule has 1 saturated heterocycles. The van der Waals surface area contributed by atoms with Crippen molar-refractivity contribution >= 4 is 11.7 Å². The van der Waals surface area contributed by atoms with Crippen molar-refractivity contribution in [1.29, 1.82) is 0 Å². The number of halogens is 2. The van der Waals surface area contributed by atoms with Gasteiger partial charge < -0.3 is 14.8 Å². The van der Waals surface area contributed by atoms with Gasteiger partial charge in [0.2, 0.25) is 5.91 Å². The summed E-state index contributed by atoms with van der Waals surface area (Å²) in [6, 6.07) is 16.4. The summed E-state index contributed by atoms with van der Waals surface area (Å²) >= 11 is 0. The van der Waals surface area contributed by atoms with E-state index < -0.39 is 11.7 Å². The Kier molecular flexibility index (Phi) is 5.10. The van der Waals surface area contributed by atoms with E-state index in [9.17, 15) is 18.4 Å². The van der Waals surface area contributed by atoms with E-state index in [0.29, 0.717) is 30.5 Å². The van der Waals surface area contributed by atoms with Crippen molar-refractivity contribution in [2.75, 3.05) is 0 Å². The Labute approximate surface area is 208 Å². The predicted octanol–water partition coefficient (Wildman–Crippen LogP) is 5.42. The van der Waals surface area contributed by atoms with Crippen LogP contribution in [0.3, 0.4) is 0 Å². The summed E-state index contributed by atoms with van der Waals surface area (Å²) in [5.74, 6) is -0.0000558. The van der Waals surface area contributed by atoms with Gasteiger partial charge in [-0.15, -0.1) is 8.78 Å². The van der Waals surface area contributed by atoms with Crippen molar-refractivity contribution in [2.24, 2.45) is 0 Å². The lowest BCUT2D eigenvalue weighted by Gasteiger charge is -2.16. The Bertz CT molecular complexity index is 1390. The van der Waals surface area contributed by atoms with E-state index in [1.165, 1.54) is 12.1 Å². The minimum absolute atomic E-state index is 0. The molecule has 3 heterocycles. The number of aromatic nitrogens is 1. The van der Waals surface area contributed by atoms with Gasteiger partial charge in [0.05, 0.1) is 17.2 Å². The molecule has 6 nitrogen and oxygen atoms in total. The molecule has 36 heavy (non-hydrogen) atoms. The summed E-state index contributed by atoms with van der Waals surface area (Å²) in [4.78, 5) is 29.7. The van der Waals surface area contributed by atoms with Crippen LogP contribution in [0.15, 0.2) is 54.6 Å². The Balaban J connectivity index is 0.00000280. The van der Waals surface area contributed by atoms with Crippen molar-refractivity contribution < 1.29 is 29.3 Å². The number of aryl methyl sites for hydroxylation is 1. The molecule has 1 N–H and O–H groups in total. The van der Waals surface area contributed by atoms with Crippen LogP contribution in [0.5, 0.6) is 11.5 Å². The van der Waals surface area contributed by atoms with Crippen LogP contribution >= 0.6 is 0 Å². The van der Waals surface area contributed by atoms with Gasteiger partial charge in [0.15, 0.2) is 11.5 Å². The number of fused-ring (bicyclic) bond motifs is 1. The summed E-state index contributed by atoms with van der Waals surface area (Å²) in [5, 5.41) is 2.98. The van der Waals surface area contributed by atoms with Crippen molar-refractivity contribution in [2.45, 2.75) is 56.8 Å². The number of ether oxygens (including phenoxy) is 2. The lowest BCUT2D eigenvalue weighted by atomic mass is 9.88. The summed E-state index contributed by atoms with van der Waals surface area (Å²) in [6.45, 7) is 1.98. The summed E-state index contributed by atoms with van der Waals surface area (Å²) in [5.41, 5.74) is 4.40. The summed E-state index contributed by atoms with van der Waals surface area (Å²) in [6.07, 6.45) is -0.902. The average Bonchev–Trinajstić information content (AvgIpc) is 3.45. The monoisotopic (exact) mass is 492 g/mol. The van der Waals surface area contributed by atoms with Gasteiger partial charge in [-0.2, -0.15) is 0 Å². The number of carbonyl (C=O) groups is 2. The minimum atomic E-state index is -3.69. The maximum Gasteiger partial charge on any atom is 0.586 e. The number of pyridine rings is 1. The molecule has 1 unspecified atom stereocenters. The smallest absolute Gasteiger partial charge is 0.395 e. The molecule has 3 aromatic rings. The number of nitrogens with zero attached hydrogens (tertiary/aromatic N) is 1. The van der Waals surface area contributed by atoms with Gasteiger partial charge in [0.25, 0.3) is 0 Å². The van der Waals surface area contributed by atoms with Crippen LogP contribution in [-0.2, 0) is 21.4 Å². The largest absolute Gasteiger partial charge is 0.586 e. The lowest BCUT2D eigenvalue weighted by molar-refractivity contribution is -0.286. The Hall–Kier alpha value is -3.81. The minimum Gasteiger partial charge on any atom is -0.395 e. The van der Waals surface area contributed by atoms with E-state index in [1.54, 1.807) is 6.07 Å². The molecule has 2 fully saturated rings. The molecule has 186 valence electrons. The average molecular weight is 493 g/mol. The molecule has 8 heteroatoms. The van der Waals surface area contributed by atoms with E-state index in [1.807, 2.05) is 43.3 Å². The van der Waals surface area contributed by atoms with Gasteiger partial charge in [-0.1, -0.05) is 36.4 Å². The zero-order chi connectivity index (χ0) is 25.1. The third kappa shape index (κ3) is 4.00. The lowest BCUT2D eigenvalue weighted by Crippen LogP contribution is -2.26. The SMILES string of the molecule is Cc1ccc(CC(=O)C2(c3ccc4c(c3)OC(F)(F)O4)CC2)nc1-c1ccc(C2CCC(=O)N2)cc1.[HH]. The van der Waals surface area contributed by atoms with Gasteiger partial charge in [0.1, 0.15) is 5.78 Å². The molecule has 1 saturated carbocycles. The number of ketones is 1. The molecular weight excluding hydrogens is 466 g/mol. The van der Waals surface area contributed by atoms with Gasteiger partial charge >= 0.3 is 6.29 Å². The second-order valence-electron chi connectivity index (χ2n) is 9.76. The van der Waals surface area contributed by atoms with Crippen molar-refractivity contribution in [3.63, 3.8) is 0 Å². The number of benzene rings is 2. The maximum absolute atomic E-state index is 13.4. The Morgan fingerprint density at radius 1 is 1.08 bits per heavy atom. The zero-order valence-corrected chi connectivity index (χ0v) is 19.6. The van der Waals surface area contributed by atoms with E-state index >= 15 is 0 Å². The van der Waals surface area contributed by atoms with Gasteiger partial charge in [-0.05, 0) is 61.1 Å². The van der Waals surface area contributed by atoms with Gasteiger partial charge in [-0.3, -0.25) is 14.6 Å². The second-order valence-corrected chi connectivity index (χ2v) is 9.76. The number of alkyl halides is 2. The first-order chi connectivity index (χ1) is 17.2. The zero-order valence-electron chi connectivity index (χ0n) is 19.6. The van der Waals surface area contributed by atoms with E-state index in [2.05, 4.69) is 14.8 Å². The normalized spacial score (nSPS) is 20.8. The van der Waals surface area contributed by atoms with Crippen LogP contribution < -0.4 is 14.8 Å². The van der Waals surface area contributed by atoms with Crippen LogP contribution in [0.25, 0.3) is 11.3 Å². The summed E-state index contributed by atoms with van der Waals surface area (Å²) < 4.78 is 35.9. The first kappa shape index (κ1) is 22.6. The fraction of sp³-hybridized carbons (Fsp3) is 0.321. The molecule has 0 bridgehead atoms. The summed E-state index contributed by atoms with van der Waals surface area (Å²) in [7, 11) is 0. The fourth-order valence-corrected chi connectivity index (χ4v) is 5.13. The highest BCUT2D eigenvalue weighted by Gasteiger charge is 2.52.